The molecule has 17 heavy (non-hydrogen) atoms. The molecule has 0 saturated carbocycles. The molecule has 1 heterocycles. The second-order valence-electron chi connectivity index (χ2n) is 5.39. The topological polar surface area (TPSA) is 58.4 Å². The van der Waals surface area contributed by atoms with Crippen molar-refractivity contribution in [1.29, 1.82) is 0 Å². The van der Waals surface area contributed by atoms with Gasteiger partial charge in [0.15, 0.2) is 0 Å². The smallest absolute Gasteiger partial charge is 0.237 e. The molecule has 1 amide bonds. The van der Waals surface area contributed by atoms with Crippen LogP contribution in [0.25, 0.3) is 0 Å². The molecule has 0 aromatic heterocycles. The summed E-state index contributed by atoms with van der Waals surface area (Å²) in [7, 11) is 0. The van der Waals surface area contributed by atoms with Crippen LogP contribution in [-0.2, 0) is 4.79 Å². The van der Waals surface area contributed by atoms with Crippen LogP contribution in [0.15, 0.2) is 0 Å². The molecule has 3 N–H and O–H groups in total. The number of amides is 1. The number of nitrogens with two attached hydrogens (primary N) is 1. The Morgan fingerprint density at radius 3 is 2.47 bits per heavy atom. The van der Waals surface area contributed by atoms with Gasteiger partial charge in [-0.2, -0.15) is 0 Å². The molecular formula is C13H27N3O. The molecule has 1 aliphatic rings. The molecule has 0 spiro atoms. The van der Waals surface area contributed by atoms with Crippen molar-refractivity contribution >= 4 is 5.91 Å². The Hall–Kier alpha value is -0.610. The Morgan fingerprint density at radius 1 is 1.41 bits per heavy atom. The molecule has 0 bridgehead atoms. The zero-order valence-electron chi connectivity index (χ0n) is 11.4. The predicted molar refractivity (Wildman–Crippen MR) is 70.7 cm³/mol. The molecule has 100 valence electrons. The summed E-state index contributed by atoms with van der Waals surface area (Å²) >= 11 is 0. The third-order valence-corrected chi connectivity index (χ3v) is 3.74. The van der Waals surface area contributed by atoms with Crippen LogP contribution in [0.3, 0.4) is 0 Å². The maximum Gasteiger partial charge on any atom is 0.237 e. The van der Waals surface area contributed by atoms with Crippen molar-refractivity contribution < 1.29 is 4.79 Å². The van der Waals surface area contributed by atoms with Crippen LogP contribution in [0.4, 0.5) is 0 Å². The summed E-state index contributed by atoms with van der Waals surface area (Å²) in [5, 5.41) is 2.98. The molecule has 4 nitrogen and oxygen atoms in total. The standard InChI is InChI=1S/C13H27N3O/c1-4-16-7-5-11(6-8-16)9-15-13(17)12(14)10(2)3/h10-12H,4-9,14H2,1-3H3,(H,15,17)/t12-/m1/s1. The van der Waals surface area contributed by atoms with E-state index in [-0.39, 0.29) is 17.9 Å². The fraction of sp³-hybridized carbons (Fsp3) is 0.923. The van der Waals surface area contributed by atoms with Crippen LogP contribution < -0.4 is 11.1 Å². The minimum Gasteiger partial charge on any atom is -0.354 e. The summed E-state index contributed by atoms with van der Waals surface area (Å²) in [6, 6.07) is -0.370. The van der Waals surface area contributed by atoms with Crippen LogP contribution in [0.2, 0.25) is 0 Å². The number of piperidine rings is 1. The summed E-state index contributed by atoms with van der Waals surface area (Å²) in [6.07, 6.45) is 2.37. The van der Waals surface area contributed by atoms with Gasteiger partial charge in [0.2, 0.25) is 5.91 Å². The minimum atomic E-state index is -0.370. The van der Waals surface area contributed by atoms with Crippen molar-refractivity contribution in [3.63, 3.8) is 0 Å². The molecule has 0 unspecified atom stereocenters. The first-order chi connectivity index (χ1) is 8.04. The highest BCUT2D eigenvalue weighted by atomic mass is 16.2. The molecule has 1 aliphatic heterocycles. The highest BCUT2D eigenvalue weighted by Crippen LogP contribution is 2.15. The molecule has 1 fully saturated rings. The van der Waals surface area contributed by atoms with E-state index in [9.17, 15) is 4.79 Å². The van der Waals surface area contributed by atoms with Crippen molar-refractivity contribution in [1.82, 2.24) is 10.2 Å². The van der Waals surface area contributed by atoms with Crippen molar-refractivity contribution in [3.05, 3.63) is 0 Å². The lowest BCUT2D eigenvalue weighted by Crippen LogP contribution is -2.46. The largest absolute Gasteiger partial charge is 0.354 e. The summed E-state index contributed by atoms with van der Waals surface area (Å²) in [5.41, 5.74) is 5.80. The van der Waals surface area contributed by atoms with Crippen LogP contribution in [0.1, 0.15) is 33.6 Å². The van der Waals surface area contributed by atoms with E-state index in [1.807, 2.05) is 13.8 Å². The quantitative estimate of drug-likeness (QED) is 0.749. The Bertz CT molecular complexity index is 235. The third kappa shape index (κ3) is 4.64. The molecule has 1 atom stereocenters. The fourth-order valence-corrected chi connectivity index (χ4v) is 2.17. The first-order valence-corrected chi connectivity index (χ1v) is 6.80. The number of nitrogens with zero attached hydrogens (tertiary/aromatic N) is 1. The summed E-state index contributed by atoms with van der Waals surface area (Å²) in [5.74, 6) is 0.830. The van der Waals surface area contributed by atoms with Gasteiger partial charge in [-0.1, -0.05) is 20.8 Å². The number of likely N-dealkylation sites (tertiary alicyclic amines) is 1. The highest BCUT2D eigenvalue weighted by Gasteiger charge is 2.21. The van der Waals surface area contributed by atoms with Crippen LogP contribution >= 0.6 is 0 Å². The molecular weight excluding hydrogens is 214 g/mol. The van der Waals surface area contributed by atoms with Crippen molar-refractivity contribution in [3.8, 4) is 0 Å². The lowest BCUT2D eigenvalue weighted by molar-refractivity contribution is -0.123. The Morgan fingerprint density at radius 2 is 2.00 bits per heavy atom. The molecule has 1 rings (SSSR count). The van der Waals surface area contributed by atoms with Crippen molar-refractivity contribution in [2.24, 2.45) is 17.6 Å². The number of carbonyl (C=O) groups is 1. The number of hydrogen-bond acceptors (Lipinski definition) is 3. The Balaban J connectivity index is 2.21. The normalized spacial score (nSPS) is 20.5. The van der Waals surface area contributed by atoms with Crippen molar-refractivity contribution in [2.45, 2.75) is 39.7 Å². The molecule has 4 heteroatoms. The van der Waals surface area contributed by atoms with Gasteiger partial charge in [0.1, 0.15) is 0 Å². The maximum absolute atomic E-state index is 11.7. The molecule has 0 aromatic rings. The zero-order chi connectivity index (χ0) is 12.8. The first kappa shape index (κ1) is 14.5. The van der Waals surface area contributed by atoms with E-state index in [1.54, 1.807) is 0 Å². The van der Waals surface area contributed by atoms with E-state index in [2.05, 4.69) is 17.1 Å². The average molecular weight is 241 g/mol. The van der Waals surface area contributed by atoms with Crippen molar-refractivity contribution in [2.75, 3.05) is 26.2 Å². The summed E-state index contributed by atoms with van der Waals surface area (Å²) in [6.45, 7) is 10.4. The second-order valence-corrected chi connectivity index (χ2v) is 5.39. The number of hydrogen-bond donors (Lipinski definition) is 2. The van der Waals surface area contributed by atoms with Gasteiger partial charge in [-0.05, 0) is 44.3 Å². The minimum absolute atomic E-state index is 0.00192. The third-order valence-electron chi connectivity index (χ3n) is 3.74. The number of carbonyl (C=O) groups excluding carboxylic acids is 1. The van der Waals surface area contributed by atoms with Crippen LogP contribution in [0, 0.1) is 11.8 Å². The van der Waals surface area contributed by atoms with Gasteiger partial charge in [0.25, 0.3) is 0 Å². The number of rotatable bonds is 5. The molecule has 1 saturated heterocycles. The Kier molecular flexibility index (Phi) is 5.92. The van der Waals surface area contributed by atoms with E-state index in [0.29, 0.717) is 5.92 Å². The van der Waals surface area contributed by atoms with Crippen LogP contribution in [-0.4, -0.2) is 43.0 Å². The van der Waals surface area contributed by atoms with Gasteiger partial charge >= 0.3 is 0 Å². The van der Waals surface area contributed by atoms with E-state index >= 15 is 0 Å². The fourth-order valence-electron chi connectivity index (χ4n) is 2.17. The van der Waals surface area contributed by atoms with Gasteiger partial charge in [-0.15, -0.1) is 0 Å². The maximum atomic E-state index is 11.7. The highest BCUT2D eigenvalue weighted by molar-refractivity contribution is 5.81. The predicted octanol–water partition coefficient (Wildman–Crippen LogP) is 0.818. The van der Waals surface area contributed by atoms with Gasteiger partial charge in [-0.3, -0.25) is 4.79 Å². The van der Waals surface area contributed by atoms with Gasteiger partial charge in [0.05, 0.1) is 6.04 Å². The summed E-state index contributed by atoms with van der Waals surface area (Å²) < 4.78 is 0. The molecule has 0 aliphatic carbocycles. The summed E-state index contributed by atoms with van der Waals surface area (Å²) in [4.78, 5) is 14.2. The van der Waals surface area contributed by atoms with Crippen LogP contribution in [0.5, 0.6) is 0 Å². The lowest BCUT2D eigenvalue weighted by atomic mass is 9.96. The van der Waals surface area contributed by atoms with E-state index in [4.69, 9.17) is 5.73 Å². The Labute approximate surface area is 105 Å². The SMILES string of the molecule is CCN1CCC(CNC(=O)[C@H](N)C(C)C)CC1. The number of nitrogens with one attached hydrogen (secondary N) is 1. The van der Waals surface area contributed by atoms with E-state index in [0.717, 1.165) is 26.2 Å². The monoisotopic (exact) mass is 241 g/mol. The second kappa shape index (κ2) is 6.97. The van der Waals surface area contributed by atoms with E-state index in [1.165, 1.54) is 12.8 Å². The molecule has 0 radical (unpaired) electrons. The van der Waals surface area contributed by atoms with Gasteiger partial charge < -0.3 is 16.0 Å². The molecule has 0 aromatic carbocycles. The first-order valence-electron chi connectivity index (χ1n) is 6.80. The van der Waals surface area contributed by atoms with Gasteiger partial charge in [-0.25, -0.2) is 0 Å². The lowest BCUT2D eigenvalue weighted by Gasteiger charge is -2.31. The van der Waals surface area contributed by atoms with Gasteiger partial charge in [0, 0.05) is 6.54 Å². The average Bonchev–Trinajstić information content (AvgIpc) is 2.35. The van der Waals surface area contributed by atoms with E-state index < -0.39 is 0 Å². The zero-order valence-corrected chi connectivity index (χ0v) is 11.4.